The minimum atomic E-state index is -3.86. The first kappa shape index (κ1) is 20.1. The molecule has 0 fully saturated rings. The number of sulfonamides is 1. The molecule has 24 heavy (non-hydrogen) atoms. The average molecular weight is 356 g/mol. The highest BCUT2D eigenvalue weighted by Gasteiger charge is 2.28. The van der Waals surface area contributed by atoms with Crippen LogP contribution in [0.2, 0.25) is 0 Å². The molecule has 0 aliphatic rings. The van der Waals surface area contributed by atoms with Gasteiger partial charge in [-0.1, -0.05) is 31.5 Å². The van der Waals surface area contributed by atoms with Gasteiger partial charge in [-0.2, -0.15) is 4.72 Å². The second kappa shape index (κ2) is 8.79. The molecule has 134 valence electrons. The number of rotatable bonds is 8. The number of carbonyl (C=O) groups is 2. The third kappa shape index (κ3) is 6.29. The highest BCUT2D eigenvalue weighted by Crippen LogP contribution is 2.14. The van der Waals surface area contributed by atoms with Crippen molar-refractivity contribution in [2.75, 3.05) is 13.7 Å². The Morgan fingerprint density at radius 3 is 2.25 bits per heavy atom. The molecule has 1 aromatic rings. The Morgan fingerprint density at radius 1 is 1.17 bits per heavy atom. The van der Waals surface area contributed by atoms with E-state index in [1.54, 1.807) is 12.1 Å². The van der Waals surface area contributed by atoms with E-state index in [0.29, 0.717) is 0 Å². The van der Waals surface area contributed by atoms with Crippen LogP contribution in [0.3, 0.4) is 0 Å². The summed E-state index contributed by atoms with van der Waals surface area (Å²) >= 11 is 0. The van der Waals surface area contributed by atoms with Crippen molar-refractivity contribution in [2.45, 2.75) is 38.1 Å². The number of hydrogen-bond donors (Lipinski definition) is 2. The summed E-state index contributed by atoms with van der Waals surface area (Å²) in [4.78, 5) is 23.4. The van der Waals surface area contributed by atoms with Gasteiger partial charge in [0, 0.05) is 7.05 Å². The molecule has 0 saturated carbocycles. The fourth-order valence-electron chi connectivity index (χ4n) is 1.95. The molecule has 0 unspecified atom stereocenters. The molecule has 0 aliphatic heterocycles. The zero-order chi connectivity index (χ0) is 18.3. The highest BCUT2D eigenvalue weighted by atomic mass is 32.2. The molecule has 0 spiro atoms. The Labute approximate surface area is 142 Å². The molecule has 0 heterocycles. The molecule has 8 heteroatoms. The van der Waals surface area contributed by atoms with E-state index in [4.69, 9.17) is 4.74 Å². The van der Waals surface area contributed by atoms with Crippen LogP contribution >= 0.6 is 0 Å². The van der Waals surface area contributed by atoms with Crippen LogP contribution in [-0.4, -0.2) is 40.0 Å². The van der Waals surface area contributed by atoms with E-state index in [0.717, 1.165) is 5.56 Å². The second-order valence-electron chi connectivity index (χ2n) is 5.90. The highest BCUT2D eigenvalue weighted by molar-refractivity contribution is 7.89. The van der Waals surface area contributed by atoms with Crippen molar-refractivity contribution < 1.29 is 22.7 Å². The number of hydrogen-bond acceptors (Lipinski definition) is 5. The Bertz CT molecular complexity index is 668. The Morgan fingerprint density at radius 2 is 1.75 bits per heavy atom. The summed E-state index contributed by atoms with van der Waals surface area (Å²) in [7, 11) is -2.44. The number of carbonyl (C=O) groups excluding carboxylic acids is 2. The molecule has 7 nitrogen and oxygen atoms in total. The van der Waals surface area contributed by atoms with Gasteiger partial charge in [0.15, 0.2) is 6.61 Å². The van der Waals surface area contributed by atoms with Crippen molar-refractivity contribution in [3.63, 3.8) is 0 Å². The van der Waals surface area contributed by atoms with Gasteiger partial charge < -0.3 is 10.1 Å². The Balaban J connectivity index is 2.89. The van der Waals surface area contributed by atoms with Crippen molar-refractivity contribution in [1.82, 2.24) is 10.0 Å². The molecule has 1 rings (SSSR count). The minimum absolute atomic E-state index is 0.0586. The standard InChI is InChI=1S/C16H24N2O5S/c1-11(2)9-14(16(20)23-10-15(19)17-4)18-24(21,22)13-7-5-12(3)6-8-13/h5-8,11,14,18H,9-10H2,1-4H3,(H,17,19)/t14-/m1/s1. The van der Waals surface area contributed by atoms with Crippen molar-refractivity contribution in [3.8, 4) is 0 Å². The maximum atomic E-state index is 12.4. The smallest absolute Gasteiger partial charge is 0.324 e. The van der Waals surface area contributed by atoms with Crippen LogP contribution in [0.4, 0.5) is 0 Å². The lowest BCUT2D eigenvalue weighted by molar-refractivity contribution is -0.150. The molecule has 0 aliphatic carbocycles. The summed E-state index contributed by atoms with van der Waals surface area (Å²) in [5.41, 5.74) is 0.928. The van der Waals surface area contributed by atoms with E-state index < -0.39 is 34.5 Å². The first-order valence-electron chi connectivity index (χ1n) is 7.62. The van der Waals surface area contributed by atoms with E-state index in [9.17, 15) is 18.0 Å². The molecule has 0 radical (unpaired) electrons. The van der Waals surface area contributed by atoms with E-state index in [-0.39, 0.29) is 17.2 Å². The van der Waals surface area contributed by atoms with Gasteiger partial charge in [0.05, 0.1) is 4.90 Å². The zero-order valence-electron chi connectivity index (χ0n) is 14.3. The summed E-state index contributed by atoms with van der Waals surface area (Å²) in [6.45, 7) is 5.12. The minimum Gasteiger partial charge on any atom is -0.454 e. The number of benzene rings is 1. The lowest BCUT2D eigenvalue weighted by atomic mass is 10.1. The van der Waals surface area contributed by atoms with Gasteiger partial charge >= 0.3 is 5.97 Å². The fraction of sp³-hybridized carbons (Fsp3) is 0.500. The van der Waals surface area contributed by atoms with E-state index >= 15 is 0 Å². The number of ether oxygens (including phenoxy) is 1. The van der Waals surface area contributed by atoms with Crippen LogP contribution in [-0.2, 0) is 24.3 Å². The molecule has 1 amide bonds. The number of aryl methyl sites for hydroxylation is 1. The molecular weight excluding hydrogens is 332 g/mol. The van der Waals surface area contributed by atoms with Crippen molar-refractivity contribution >= 4 is 21.9 Å². The van der Waals surface area contributed by atoms with Crippen molar-refractivity contribution in [3.05, 3.63) is 29.8 Å². The topological polar surface area (TPSA) is 102 Å². The first-order chi connectivity index (χ1) is 11.2. The molecular formula is C16H24N2O5S. The monoisotopic (exact) mass is 356 g/mol. The largest absolute Gasteiger partial charge is 0.454 e. The van der Waals surface area contributed by atoms with Gasteiger partial charge in [0.25, 0.3) is 5.91 Å². The van der Waals surface area contributed by atoms with Crippen LogP contribution in [0.1, 0.15) is 25.8 Å². The molecule has 1 atom stereocenters. The van der Waals surface area contributed by atoms with E-state index in [1.165, 1.54) is 19.2 Å². The average Bonchev–Trinajstić information content (AvgIpc) is 2.51. The number of esters is 1. The second-order valence-corrected chi connectivity index (χ2v) is 7.61. The molecule has 0 aromatic heterocycles. The van der Waals surface area contributed by atoms with E-state index in [2.05, 4.69) is 10.0 Å². The molecule has 2 N–H and O–H groups in total. The summed E-state index contributed by atoms with van der Waals surface area (Å²) < 4.78 is 32.1. The van der Waals surface area contributed by atoms with Gasteiger partial charge in [-0.15, -0.1) is 0 Å². The van der Waals surface area contributed by atoms with Crippen LogP contribution in [0, 0.1) is 12.8 Å². The Kier molecular flexibility index (Phi) is 7.37. The van der Waals surface area contributed by atoms with Crippen LogP contribution < -0.4 is 10.0 Å². The van der Waals surface area contributed by atoms with Gasteiger partial charge in [-0.05, 0) is 31.4 Å². The summed E-state index contributed by atoms with van der Waals surface area (Å²) in [6, 6.07) is 5.24. The summed E-state index contributed by atoms with van der Waals surface area (Å²) in [5, 5.41) is 2.32. The SMILES string of the molecule is CNC(=O)COC(=O)[C@@H](CC(C)C)NS(=O)(=O)c1ccc(C)cc1. The van der Waals surface area contributed by atoms with Gasteiger partial charge in [-0.3, -0.25) is 9.59 Å². The third-order valence-corrected chi connectivity index (χ3v) is 4.73. The molecule has 0 saturated heterocycles. The predicted molar refractivity (Wildman–Crippen MR) is 89.8 cm³/mol. The normalized spacial score (nSPS) is 12.7. The summed E-state index contributed by atoms with van der Waals surface area (Å²) in [5.74, 6) is -1.18. The first-order valence-corrected chi connectivity index (χ1v) is 9.10. The zero-order valence-corrected chi connectivity index (χ0v) is 15.1. The number of likely N-dealkylation sites (N-methyl/N-ethyl adjacent to an activating group) is 1. The maximum absolute atomic E-state index is 12.4. The van der Waals surface area contributed by atoms with Gasteiger partial charge in [-0.25, -0.2) is 8.42 Å². The molecule has 1 aromatic carbocycles. The van der Waals surface area contributed by atoms with E-state index in [1.807, 2.05) is 20.8 Å². The number of amides is 1. The quantitative estimate of drug-likeness (QED) is 0.676. The van der Waals surface area contributed by atoms with Gasteiger partial charge in [0.2, 0.25) is 10.0 Å². The summed E-state index contributed by atoms with van der Waals surface area (Å²) in [6.07, 6.45) is 0.262. The third-order valence-electron chi connectivity index (χ3n) is 3.24. The lowest BCUT2D eigenvalue weighted by Gasteiger charge is -2.19. The lowest BCUT2D eigenvalue weighted by Crippen LogP contribution is -2.43. The van der Waals surface area contributed by atoms with Crippen LogP contribution in [0.5, 0.6) is 0 Å². The van der Waals surface area contributed by atoms with Gasteiger partial charge in [0.1, 0.15) is 6.04 Å². The van der Waals surface area contributed by atoms with Crippen molar-refractivity contribution in [2.24, 2.45) is 5.92 Å². The van der Waals surface area contributed by atoms with Crippen LogP contribution in [0.15, 0.2) is 29.2 Å². The maximum Gasteiger partial charge on any atom is 0.324 e. The molecule has 0 bridgehead atoms. The Hall–Kier alpha value is -1.93. The predicted octanol–water partition coefficient (Wildman–Crippen LogP) is 0.977. The van der Waals surface area contributed by atoms with Crippen LogP contribution in [0.25, 0.3) is 0 Å². The van der Waals surface area contributed by atoms with Crippen molar-refractivity contribution in [1.29, 1.82) is 0 Å². The number of nitrogens with one attached hydrogen (secondary N) is 2. The fourth-order valence-corrected chi connectivity index (χ4v) is 3.14.